The van der Waals surface area contributed by atoms with E-state index in [1.165, 1.54) is 16.7 Å². The lowest BCUT2D eigenvalue weighted by Crippen LogP contribution is -2.12. The summed E-state index contributed by atoms with van der Waals surface area (Å²) in [7, 11) is 0. The molecule has 0 saturated carbocycles. The number of nitrogens with one attached hydrogen (secondary N) is 1. The monoisotopic (exact) mass is 357 g/mol. The zero-order valence-corrected chi connectivity index (χ0v) is 13.4. The average Bonchev–Trinajstić information content (AvgIpc) is 2.26. The van der Waals surface area contributed by atoms with Gasteiger partial charge >= 0.3 is 0 Å². The molecule has 98 valence electrons. The second kappa shape index (κ2) is 6.92. The number of halogens is 1. The maximum Gasteiger partial charge on any atom is 0.222 e. The Kier molecular flexibility index (Phi) is 5.85. The number of rotatable bonds is 6. The molecule has 0 saturated heterocycles. The molecule has 0 bridgehead atoms. The van der Waals surface area contributed by atoms with Crippen LogP contribution in [0.15, 0.2) is 24.4 Å². The normalized spacial score (nSPS) is 10.2. The highest BCUT2D eigenvalue weighted by atomic mass is 127. The molecule has 0 aliphatic heterocycles. The summed E-state index contributed by atoms with van der Waals surface area (Å²) in [6.45, 7) is 10.9. The number of carbonyl (C=O) groups excluding carboxylic acids is 1. The fourth-order valence-corrected chi connectivity index (χ4v) is 2.38. The Hall–Kier alpha value is -0.840. The van der Waals surface area contributed by atoms with Crippen LogP contribution >= 0.6 is 22.6 Å². The maximum atomic E-state index is 11.4. The third-order valence-electron chi connectivity index (χ3n) is 2.95. The molecular formula is C15H20INO. The van der Waals surface area contributed by atoms with Crippen molar-refractivity contribution in [2.24, 2.45) is 0 Å². The smallest absolute Gasteiger partial charge is 0.222 e. The van der Waals surface area contributed by atoms with Gasteiger partial charge in [0.1, 0.15) is 0 Å². The predicted octanol–water partition coefficient (Wildman–Crippen LogP) is 3.93. The van der Waals surface area contributed by atoms with Gasteiger partial charge in [0.05, 0.1) is 0 Å². The molecule has 0 aliphatic rings. The number of hydrogen-bond donors (Lipinski definition) is 1. The van der Waals surface area contributed by atoms with Crippen molar-refractivity contribution >= 4 is 26.4 Å². The van der Waals surface area contributed by atoms with E-state index in [0.717, 1.165) is 30.6 Å². The standard InChI is InChI=1S/C15H20INO/c1-10(2)17-7-5-6-14-11(3)8-13(15(16)18)9-12(14)4/h8-9,17H,1,5-7H2,2-4H3. The molecule has 0 radical (unpaired) electrons. The summed E-state index contributed by atoms with van der Waals surface area (Å²) in [4.78, 5) is 11.4. The predicted molar refractivity (Wildman–Crippen MR) is 85.4 cm³/mol. The first-order valence-electron chi connectivity index (χ1n) is 6.11. The van der Waals surface area contributed by atoms with Crippen molar-refractivity contribution in [2.45, 2.75) is 33.6 Å². The topological polar surface area (TPSA) is 29.1 Å². The van der Waals surface area contributed by atoms with Crippen LogP contribution in [0, 0.1) is 13.8 Å². The van der Waals surface area contributed by atoms with Crippen LogP contribution in [-0.4, -0.2) is 10.3 Å². The van der Waals surface area contributed by atoms with E-state index in [-0.39, 0.29) is 3.79 Å². The summed E-state index contributed by atoms with van der Waals surface area (Å²) in [6.07, 6.45) is 2.11. The van der Waals surface area contributed by atoms with Crippen LogP contribution in [0.5, 0.6) is 0 Å². The lowest BCUT2D eigenvalue weighted by atomic mass is 9.96. The van der Waals surface area contributed by atoms with Crippen LogP contribution in [0.1, 0.15) is 40.4 Å². The number of benzene rings is 1. The van der Waals surface area contributed by atoms with Gasteiger partial charge in [0.25, 0.3) is 0 Å². The Morgan fingerprint density at radius 3 is 2.33 bits per heavy atom. The largest absolute Gasteiger partial charge is 0.389 e. The van der Waals surface area contributed by atoms with Crippen LogP contribution in [0.4, 0.5) is 0 Å². The molecule has 0 spiro atoms. The Morgan fingerprint density at radius 1 is 1.33 bits per heavy atom. The van der Waals surface area contributed by atoms with Crippen LogP contribution in [-0.2, 0) is 6.42 Å². The van der Waals surface area contributed by atoms with Crippen molar-refractivity contribution in [3.05, 3.63) is 46.7 Å². The molecule has 0 fully saturated rings. The van der Waals surface area contributed by atoms with Crippen molar-refractivity contribution in [3.63, 3.8) is 0 Å². The quantitative estimate of drug-likeness (QED) is 0.475. The molecule has 0 aliphatic carbocycles. The highest BCUT2D eigenvalue weighted by Gasteiger charge is 2.08. The van der Waals surface area contributed by atoms with Crippen LogP contribution < -0.4 is 5.32 Å². The highest BCUT2D eigenvalue weighted by molar-refractivity contribution is 14.1. The molecule has 0 unspecified atom stereocenters. The Bertz CT molecular complexity index is 443. The minimum absolute atomic E-state index is 0.106. The van der Waals surface area contributed by atoms with E-state index in [4.69, 9.17) is 0 Å². The summed E-state index contributed by atoms with van der Waals surface area (Å²) in [6, 6.07) is 3.98. The van der Waals surface area contributed by atoms with Crippen LogP contribution in [0.3, 0.4) is 0 Å². The Morgan fingerprint density at radius 2 is 1.89 bits per heavy atom. The molecular weight excluding hydrogens is 337 g/mol. The molecule has 3 heteroatoms. The van der Waals surface area contributed by atoms with Crippen molar-refractivity contribution < 1.29 is 4.79 Å². The zero-order chi connectivity index (χ0) is 13.7. The number of allylic oxidation sites excluding steroid dienone is 1. The van der Waals surface area contributed by atoms with Crippen LogP contribution in [0.25, 0.3) is 0 Å². The van der Waals surface area contributed by atoms with Gasteiger partial charge in [-0.2, -0.15) is 0 Å². The van der Waals surface area contributed by atoms with Crippen molar-refractivity contribution in [3.8, 4) is 0 Å². The van der Waals surface area contributed by atoms with E-state index >= 15 is 0 Å². The van der Waals surface area contributed by atoms with E-state index in [9.17, 15) is 4.79 Å². The van der Waals surface area contributed by atoms with Crippen LogP contribution in [0.2, 0.25) is 0 Å². The summed E-state index contributed by atoms with van der Waals surface area (Å²) in [5, 5.41) is 3.23. The van der Waals surface area contributed by atoms with E-state index in [1.54, 1.807) is 0 Å². The summed E-state index contributed by atoms with van der Waals surface area (Å²) in [5.41, 5.74) is 5.60. The SMILES string of the molecule is C=C(C)NCCCc1c(C)cc(C(=O)I)cc1C. The van der Waals surface area contributed by atoms with Gasteiger partial charge in [-0.3, -0.25) is 4.79 Å². The van der Waals surface area contributed by atoms with Crippen molar-refractivity contribution in [2.75, 3.05) is 6.54 Å². The molecule has 1 N–H and O–H groups in total. The summed E-state index contributed by atoms with van der Waals surface area (Å²) in [5.74, 6) is 0. The fraction of sp³-hybridized carbons (Fsp3) is 0.400. The Balaban J connectivity index is 2.72. The van der Waals surface area contributed by atoms with Gasteiger partial charge < -0.3 is 5.32 Å². The molecule has 18 heavy (non-hydrogen) atoms. The first-order valence-corrected chi connectivity index (χ1v) is 7.19. The first kappa shape index (κ1) is 15.2. The van der Waals surface area contributed by atoms with Gasteiger partial charge in [-0.25, -0.2) is 0 Å². The van der Waals surface area contributed by atoms with E-state index in [1.807, 2.05) is 41.6 Å². The minimum Gasteiger partial charge on any atom is -0.389 e. The van der Waals surface area contributed by atoms with E-state index in [0.29, 0.717) is 0 Å². The zero-order valence-electron chi connectivity index (χ0n) is 11.3. The lowest BCUT2D eigenvalue weighted by molar-refractivity contribution is 0.110. The molecule has 0 aromatic heterocycles. The summed E-state index contributed by atoms with van der Waals surface area (Å²) < 4.78 is 0.106. The van der Waals surface area contributed by atoms with Gasteiger partial charge in [0.15, 0.2) is 0 Å². The number of carbonyl (C=O) groups is 1. The Labute approximate surface area is 123 Å². The second-order valence-corrected chi connectivity index (χ2v) is 5.65. The number of hydrogen-bond acceptors (Lipinski definition) is 2. The third kappa shape index (κ3) is 4.44. The van der Waals surface area contributed by atoms with E-state index in [2.05, 4.69) is 25.7 Å². The average molecular weight is 357 g/mol. The van der Waals surface area contributed by atoms with Gasteiger partial charge in [0, 0.05) is 40.4 Å². The molecule has 0 amide bonds. The molecule has 2 nitrogen and oxygen atoms in total. The molecule has 0 heterocycles. The second-order valence-electron chi connectivity index (χ2n) is 4.67. The van der Waals surface area contributed by atoms with Gasteiger partial charge in [-0.05, 0) is 62.4 Å². The minimum atomic E-state index is 0.106. The fourth-order valence-electron chi connectivity index (χ4n) is 2.07. The lowest BCUT2D eigenvalue weighted by Gasteiger charge is -2.12. The van der Waals surface area contributed by atoms with E-state index < -0.39 is 0 Å². The van der Waals surface area contributed by atoms with Gasteiger partial charge in [-0.15, -0.1) is 0 Å². The molecule has 1 rings (SSSR count). The molecule has 1 aromatic carbocycles. The summed E-state index contributed by atoms with van der Waals surface area (Å²) >= 11 is 1.84. The first-order chi connectivity index (χ1) is 8.41. The maximum absolute atomic E-state index is 11.4. The molecule has 0 atom stereocenters. The van der Waals surface area contributed by atoms with Crippen molar-refractivity contribution in [1.82, 2.24) is 5.32 Å². The van der Waals surface area contributed by atoms with Crippen molar-refractivity contribution in [1.29, 1.82) is 0 Å². The third-order valence-corrected chi connectivity index (χ3v) is 3.58. The molecule has 1 aromatic rings. The van der Waals surface area contributed by atoms with Gasteiger partial charge in [-0.1, -0.05) is 6.58 Å². The number of aryl methyl sites for hydroxylation is 2. The highest BCUT2D eigenvalue weighted by Crippen LogP contribution is 2.20. The van der Waals surface area contributed by atoms with Gasteiger partial charge in [0.2, 0.25) is 3.79 Å².